The van der Waals surface area contributed by atoms with Crippen molar-refractivity contribution >= 4 is 65.4 Å². The van der Waals surface area contributed by atoms with E-state index in [9.17, 15) is 0 Å². The summed E-state index contributed by atoms with van der Waals surface area (Å²) >= 11 is 0. The van der Waals surface area contributed by atoms with Gasteiger partial charge in [-0.3, -0.25) is 4.57 Å². The topological polar surface area (TPSA) is 43.9 Å². The van der Waals surface area contributed by atoms with Gasteiger partial charge in [-0.25, -0.2) is 9.97 Å². The zero-order chi connectivity index (χ0) is 34.2. The molecule has 0 aliphatic heterocycles. The molecular formula is C48H29N3O. The molecule has 0 radical (unpaired) electrons. The lowest BCUT2D eigenvalue weighted by Crippen LogP contribution is -2.03. The minimum absolute atomic E-state index is 0.622. The Labute approximate surface area is 298 Å². The normalized spacial score (nSPS) is 11.8. The van der Waals surface area contributed by atoms with E-state index in [0.29, 0.717) is 5.95 Å². The van der Waals surface area contributed by atoms with Crippen LogP contribution in [0.1, 0.15) is 0 Å². The number of para-hydroxylation sites is 1. The van der Waals surface area contributed by atoms with E-state index < -0.39 is 0 Å². The molecule has 0 N–H and O–H groups in total. The van der Waals surface area contributed by atoms with E-state index in [1.807, 2.05) is 12.1 Å². The summed E-state index contributed by atoms with van der Waals surface area (Å²) in [6.45, 7) is 0. The Balaban J connectivity index is 1.26. The van der Waals surface area contributed by atoms with Crippen molar-refractivity contribution < 1.29 is 4.42 Å². The minimum Gasteiger partial charge on any atom is -0.455 e. The van der Waals surface area contributed by atoms with Gasteiger partial charge in [-0.15, -0.1) is 0 Å². The SMILES string of the molecule is c1ccc(-c2ccc3c(c2)c2cc4c(cc2n3-c2nc(-c3ccccc3)c3ccccc3n2)oc2c3ccccc3c(-c3ccccc3)cc42)cc1. The van der Waals surface area contributed by atoms with Gasteiger partial charge in [0.25, 0.3) is 0 Å². The fraction of sp³-hybridized carbons (Fsp3) is 0. The van der Waals surface area contributed by atoms with Crippen LogP contribution in [-0.2, 0) is 0 Å². The number of fused-ring (bicyclic) bond motifs is 9. The maximum atomic E-state index is 6.85. The van der Waals surface area contributed by atoms with E-state index in [0.717, 1.165) is 76.9 Å². The van der Waals surface area contributed by atoms with Crippen LogP contribution >= 0.6 is 0 Å². The second-order valence-electron chi connectivity index (χ2n) is 13.4. The Morgan fingerprint density at radius 3 is 1.79 bits per heavy atom. The van der Waals surface area contributed by atoms with Crippen LogP contribution in [0.25, 0.3) is 105 Å². The number of aromatic nitrogens is 3. The molecule has 242 valence electrons. The lowest BCUT2D eigenvalue weighted by atomic mass is 9.95. The first-order valence-electron chi connectivity index (χ1n) is 17.6. The highest BCUT2D eigenvalue weighted by molar-refractivity contribution is 6.23. The molecule has 0 saturated heterocycles. The highest BCUT2D eigenvalue weighted by atomic mass is 16.3. The summed E-state index contributed by atoms with van der Waals surface area (Å²) in [6.07, 6.45) is 0. The van der Waals surface area contributed by atoms with Crippen LogP contribution in [0, 0.1) is 0 Å². The molecule has 8 aromatic carbocycles. The monoisotopic (exact) mass is 663 g/mol. The summed E-state index contributed by atoms with van der Waals surface area (Å²) in [4.78, 5) is 10.5. The van der Waals surface area contributed by atoms with Crippen molar-refractivity contribution in [3.05, 3.63) is 176 Å². The molecule has 0 spiro atoms. The van der Waals surface area contributed by atoms with Crippen molar-refractivity contribution in [3.63, 3.8) is 0 Å². The molecule has 0 fully saturated rings. The van der Waals surface area contributed by atoms with Crippen molar-refractivity contribution in [1.29, 1.82) is 0 Å². The third-order valence-electron chi connectivity index (χ3n) is 10.4. The summed E-state index contributed by atoms with van der Waals surface area (Å²) < 4.78 is 9.06. The Hall–Kier alpha value is -7.04. The first-order chi connectivity index (χ1) is 25.8. The number of benzene rings is 8. The van der Waals surface area contributed by atoms with Gasteiger partial charge in [0.05, 0.1) is 22.2 Å². The van der Waals surface area contributed by atoms with Crippen LogP contribution in [-0.4, -0.2) is 14.5 Å². The average molecular weight is 664 g/mol. The number of rotatable bonds is 4. The quantitative estimate of drug-likeness (QED) is 0.188. The third-order valence-corrected chi connectivity index (χ3v) is 10.4. The fourth-order valence-electron chi connectivity index (χ4n) is 7.97. The number of hydrogen-bond donors (Lipinski definition) is 0. The van der Waals surface area contributed by atoms with E-state index in [-0.39, 0.29) is 0 Å². The van der Waals surface area contributed by atoms with Gasteiger partial charge in [0.15, 0.2) is 0 Å². The van der Waals surface area contributed by atoms with Gasteiger partial charge < -0.3 is 4.42 Å². The molecule has 3 aromatic heterocycles. The molecule has 0 bridgehead atoms. The number of hydrogen-bond acceptors (Lipinski definition) is 3. The summed E-state index contributed by atoms with van der Waals surface area (Å²) in [5.41, 5.74) is 11.3. The molecule has 0 aliphatic carbocycles. The van der Waals surface area contributed by atoms with Crippen LogP contribution in [0.2, 0.25) is 0 Å². The summed E-state index contributed by atoms with van der Waals surface area (Å²) in [5, 5.41) is 7.73. The molecule has 4 heteroatoms. The zero-order valence-corrected chi connectivity index (χ0v) is 28.0. The fourth-order valence-corrected chi connectivity index (χ4v) is 7.97. The molecule has 0 amide bonds. The van der Waals surface area contributed by atoms with Crippen molar-refractivity contribution in [1.82, 2.24) is 14.5 Å². The maximum absolute atomic E-state index is 6.85. The van der Waals surface area contributed by atoms with E-state index in [2.05, 4.69) is 168 Å². The van der Waals surface area contributed by atoms with Gasteiger partial charge in [-0.2, -0.15) is 0 Å². The molecule has 0 atom stereocenters. The van der Waals surface area contributed by atoms with Crippen molar-refractivity contribution in [3.8, 4) is 39.5 Å². The molecule has 0 saturated carbocycles. The van der Waals surface area contributed by atoms with Gasteiger partial charge in [-0.1, -0.05) is 140 Å². The van der Waals surface area contributed by atoms with Gasteiger partial charge >= 0.3 is 0 Å². The van der Waals surface area contributed by atoms with Crippen molar-refractivity contribution in [2.45, 2.75) is 0 Å². The predicted octanol–water partition coefficient (Wildman–Crippen LogP) is 12.8. The van der Waals surface area contributed by atoms with Gasteiger partial charge in [-0.05, 0) is 58.0 Å². The first-order valence-corrected chi connectivity index (χ1v) is 17.6. The predicted molar refractivity (Wildman–Crippen MR) is 215 cm³/mol. The highest BCUT2D eigenvalue weighted by Crippen LogP contribution is 2.43. The summed E-state index contributed by atoms with van der Waals surface area (Å²) in [7, 11) is 0. The van der Waals surface area contributed by atoms with Crippen LogP contribution in [0.15, 0.2) is 180 Å². The molecule has 0 unspecified atom stereocenters. The Bertz CT molecular complexity index is 3160. The van der Waals surface area contributed by atoms with E-state index in [1.54, 1.807) is 0 Å². The Morgan fingerprint density at radius 2 is 1.02 bits per heavy atom. The Morgan fingerprint density at radius 1 is 0.385 bits per heavy atom. The molecule has 3 heterocycles. The van der Waals surface area contributed by atoms with Gasteiger partial charge in [0.2, 0.25) is 5.95 Å². The van der Waals surface area contributed by atoms with Crippen LogP contribution in [0.4, 0.5) is 0 Å². The summed E-state index contributed by atoms with van der Waals surface area (Å²) in [6, 6.07) is 61.9. The maximum Gasteiger partial charge on any atom is 0.235 e. The van der Waals surface area contributed by atoms with Crippen molar-refractivity contribution in [2.24, 2.45) is 0 Å². The van der Waals surface area contributed by atoms with Gasteiger partial charge in [0, 0.05) is 43.9 Å². The molecule has 0 aliphatic rings. The standard InChI is InChI=1S/C48H29N3O/c1-4-14-30(15-5-1)33-24-25-43-38(26-33)39-28-40-41-27-37(31-16-6-2-7-17-31)34-20-10-11-21-35(34)47(41)52-45(40)29-44(39)51(43)48-49-42-23-13-12-22-36(42)46(50-48)32-18-8-3-9-19-32/h1-29H. The highest BCUT2D eigenvalue weighted by Gasteiger charge is 2.21. The molecule has 4 nitrogen and oxygen atoms in total. The lowest BCUT2D eigenvalue weighted by Gasteiger charge is -2.12. The number of furan rings is 1. The number of nitrogens with zero attached hydrogens (tertiary/aromatic N) is 3. The van der Waals surface area contributed by atoms with E-state index in [4.69, 9.17) is 14.4 Å². The summed E-state index contributed by atoms with van der Waals surface area (Å²) in [5.74, 6) is 0.622. The largest absolute Gasteiger partial charge is 0.455 e. The molecule has 11 aromatic rings. The third kappa shape index (κ3) is 4.34. The van der Waals surface area contributed by atoms with Crippen LogP contribution in [0.5, 0.6) is 0 Å². The molecule has 11 rings (SSSR count). The van der Waals surface area contributed by atoms with Crippen LogP contribution in [0.3, 0.4) is 0 Å². The average Bonchev–Trinajstić information content (AvgIpc) is 3.74. The molecule has 52 heavy (non-hydrogen) atoms. The first kappa shape index (κ1) is 28.8. The minimum atomic E-state index is 0.622. The van der Waals surface area contributed by atoms with Crippen LogP contribution < -0.4 is 0 Å². The second-order valence-corrected chi connectivity index (χ2v) is 13.4. The zero-order valence-electron chi connectivity index (χ0n) is 28.0. The van der Waals surface area contributed by atoms with E-state index in [1.165, 1.54) is 22.1 Å². The van der Waals surface area contributed by atoms with Gasteiger partial charge in [0.1, 0.15) is 11.2 Å². The smallest absolute Gasteiger partial charge is 0.235 e. The lowest BCUT2D eigenvalue weighted by molar-refractivity contribution is 0.673. The van der Waals surface area contributed by atoms with Crippen molar-refractivity contribution in [2.75, 3.05) is 0 Å². The molecular weight excluding hydrogens is 635 g/mol. The second kappa shape index (κ2) is 11.2. The van der Waals surface area contributed by atoms with E-state index >= 15 is 0 Å². The Kier molecular flexibility index (Phi) is 6.22.